The van der Waals surface area contributed by atoms with Crippen LogP contribution in [0.3, 0.4) is 0 Å². The van der Waals surface area contributed by atoms with Crippen molar-refractivity contribution in [1.29, 1.82) is 0 Å². The van der Waals surface area contributed by atoms with E-state index >= 15 is 0 Å². The first kappa shape index (κ1) is 13.8. The van der Waals surface area contributed by atoms with Crippen LogP contribution < -0.4 is 11.1 Å². The van der Waals surface area contributed by atoms with Crippen molar-refractivity contribution in [3.05, 3.63) is 0 Å². The summed E-state index contributed by atoms with van der Waals surface area (Å²) in [6, 6.07) is 0. The monoisotopic (exact) mass is 211 g/mol. The third-order valence-corrected chi connectivity index (χ3v) is 2.09. The molecular formula is C11H21N3O. The van der Waals surface area contributed by atoms with E-state index in [-0.39, 0.29) is 0 Å². The van der Waals surface area contributed by atoms with E-state index in [0.29, 0.717) is 12.3 Å². The van der Waals surface area contributed by atoms with E-state index in [1.54, 1.807) is 0 Å². The number of terminal acetylenes is 1. The Kier molecular flexibility index (Phi) is 9.99. The van der Waals surface area contributed by atoms with Crippen molar-refractivity contribution in [2.45, 2.75) is 38.5 Å². The van der Waals surface area contributed by atoms with Gasteiger partial charge in [0.25, 0.3) is 0 Å². The highest BCUT2D eigenvalue weighted by Gasteiger charge is 1.93. The lowest BCUT2D eigenvalue weighted by Gasteiger charge is -2.03. The van der Waals surface area contributed by atoms with Crippen LogP contribution in [0.2, 0.25) is 0 Å². The first-order valence-electron chi connectivity index (χ1n) is 5.42. The van der Waals surface area contributed by atoms with E-state index in [1.165, 1.54) is 0 Å². The van der Waals surface area contributed by atoms with Gasteiger partial charge in [0.05, 0.1) is 0 Å². The van der Waals surface area contributed by atoms with Gasteiger partial charge in [-0.1, -0.05) is 5.16 Å². The van der Waals surface area contributed by atoms with Crippen LogP contribution in [0.4, 0.5) is 0 Å². The molecule has 0 saturated carbocycles. The van der Waals surface area contributed by atoms with E-state index in [1.807, 2.05) is 0 Å². The summed E-state index contributed by atoms with van der Waals surface area (Å²) in [6.45, 7) is 2.00. The molecule has 0 fully saturated rings. The van der Waals surface area contributed by atoms with Gasteiger partial charge in [-0.15, -0.1) is 12.3 Å². The highest BCUT2D eigenvalue weighted by Crippen LogP contribution is 1.95. The second kappa shape index (κ2) is 10.9. The number of nitrogens with two attached hydrogens (primary N) is 1. The molecule has 0 aromatic rings. The Bertz CT molecular complexity index is 208. The lowest BCUT2D eigenvalue weighted by molar-refractivity contribution is 0.316. The quantitative estimate of drug-likeness (QED) is 0.134. The molecule has 0 aliphatic carbocycles. The van der Waals surface area contributed by atoms with Gasteiger partial charge in [0.2, 0.25) is 0 Å². The molecule has 0 aromatic heterocycles. The third-order valence-electron chi connectivity index (χ3n) is 2.09. The molecule has 0 heterocycles. The van der Waals surface area contributed by atoms with Crippen LogP contribution in [0.5, 0.6) is 0 Å². The molecule has 0 aliphatic rings. The minimum Gasteiger partial charge on any atom is -0.409 e. The van der Waals surface area contributed by atoms with Gasteiger partial charge in [0, 0.05) is 12.8 Å². The minimum absolute atomic E-state index is 0.309. The fourth-order valence-corrected chi connectivity index (χ4v) is 1.21. The number of oxime groups is 1. The van der Waals surface area contributed by atoms with Crippen LogP contribution in [-0.2, 0) is 0 Å². The topological polar surface area (TPSA) is 70.6 Å². The number of amidine groups is 1. The third kappa shape index (κ3) is 10.7. The molecule has 0 unspecified atom stereocenters. The van der Waals surface area contributed by atoms with Crippen LogP contribution in [0.25, 0.3) is 0 Å². The van der Waals surface area contributed by atoms with Gasteiger partial charge in [0.1, 0.15) is 5.84 Å². The second-order valence-corrected chi connectivity index (χ2v) is 3.46. The minimum atomic E-state index is 0.309. The maximum Gasteiger partial charge on any atom is 0.139 e. The van der Waals surface area contributed by atoms with Gasteiger partial charge in [0.15, 0.2) is 0 Å². The van der Waals surface area contributed by atoms with E-state index in [0.717, 1.165) is 45.2 Å². The van der Waals surface area contributed by atoms with Crippen LogP contribution >= 0.6 is 0 Å². The van der Waals surface area contributed by atoms with E-state index in [9.17, 15) is 0 Å². The predicted octanol–water partition coefficient (Wildman–Crippen LogP) is 1.30. The first-order chi connectivity index (χ1) is 7.31. The summed E-state index contributed by atoms with van der Waals surface area (Å²) in [5.74, 6) is 2.93. The smallest absolute Gasteiger partial charge is 0.139 e. The standard InChI is InChI=1S/C11H21N3O/c1-2-3-4-6-9-13-10-7-5-8-11(12)14-15/h1,13,15H,3-10H2,(H2,12,14). The van der Waals surface area contributed by atoms with Crippen LogP contribution in [0.1, 0.15) is 38.5 Å². The van der Waals surface area contributed by atoms with Crippen molar-refractivity contribution in [2.75, 3.05) is 13.1 Å². The molecule has 15 heavy (non-hydrogen) atoms. The number of hydrogen-bond donors (Lipinski definition) is 3. The summed E-state index contributed by atoms with van der Waals surface area (Å²) in [6.07, 6.45) is 10.9. The number of hydrogen-bond acceptors (Lipinski definition) is 3. The fraction of sp³-hybridized carbons (Fsp3) is 0.727. The molecule has 0 aromatic carbocycles. The highest BCUT2D eigenvalue weighted by molar-refractivity contribution is 5.79. The van der Waals surface area contributed by atoms with Crippen molar-refractivity contribution in [3.63, 3.8) is 0 Å². The van der Waals surface area contributed by atoms with Gasteiger partial charge < -0.3 is 16.3 Å². The molecule has 0 spiro atoms. The average molecular weight is 211 g/mol. The Morgan fingerprint density at radius 1 is 1.27 bits per heavy atom. The number of rotatable bonds is 9. The summed E-state index contributed by atoms with van der Waals surface area (Å²) < 4.78 is 0. The summed E-state index contributed by atoms with van der Waals surface area (Å²) in [5, 5.41) is 14.5. The van der Waals surface area contributed by atoms with Crippen LogP contribution in [0.15, 0.2) is 5.16 Å². The molecule has 4 nitrogen and oxygen atoms in total. The Morgan fingerprint density at radius 2 is 1.93 bits per heavy atom. The van der Waals surface area contributed by atoms with Crippen LogP contribution in [0, 0.1) is 12.3 Å². The van der Waals surface area contributed by atoms with Crippen molar-refractivity contribution < 1.29 is 5.21 Å². The number of unbranched alkanes of at least 4 members (excludes halogenated alkanes) is 3. The normalized spacial score (nSPS) is 11.3. The lowest BCUT2D eigenvalue weighted by Crippen LogP contribution is -2.17. The summed E-state index contributed by atoms with van der Waals surface area (Å²) in [7, 11) is 0. The molecule has 86 valence electrons. The zero-order chi connectivity index (χ0) is 11.4. The van der Waals surface area contributed by atoms with Gasteiger partial charge in [-0.3, -0.25) is 0 Å². The molecule has 0 bridgehead atoms. The van der Waals surface area contributed by atoms with Crippen molar-refractivity contribution in [1.82, 2.24) is 5.32 Å². The fourth-order valence-electron chi connectivity index (χ4n) is 1.21. The Labute approximate surface area is 91.9 Å². The zero-order valence-corrected chi connectivity index (χ0v) is 9.21. The molecule has 0 atom stereocenters. The number of nitrogens with zero attached hydrogens (tertiary/aromatic N) is 1. The van der Waals surface area contributed by atoms with Crippen molar-refractivity contribution in [2.24, 2.45) is 10.9 Å². The van der Waals surface area contributed by atoms with Gasteiger partial charge >= 0.3 is 0 Å². The van der Waals surface area contributed by atoms with Gasteiger partial charge in [-0.05, 0) is 38.8 Å². The average Bonchev–Trinajstić information content (AvgIpc) is 2.26. The molecule has 4 heteroatoms. The van der Waals surface area contributed by atoms with Gasteiger partial charge in [-0.25, -0.2) is 0 Å². The first-order valence-corrected chi connectivity index (χ1v) is 5.42. The Balaban J connectivity index is 3.03. The Hall–Kier alpha value is -1.21. The van der Waals surface area contributed by atoms with Crippen LogP contribution in [-0.4, -0.2) is 24.1 Å². The zero-order valence-electron chi connectivity index (χ0n) is 9.21. The van der Waals surface area contributed by atoms with E-state index in [2.05, 4.69) is 16.4 Å². The molecular weight excluding hydrogens is 190 g/mol. The Morgan fingerprint density at radius 3 is 2.53 bits per heavy atom. The predicted molar refractivity (Wildman–Crippen MR) is 62.8 cm³/mol. The maximum absolute atomic E-state index is 8.29. The summed E-state index contributed by atoms with van der Waals surface area (Å²) >= 11 is 0. The largest absolute Gasteiger partial charge is 0.409 e. The number of nitrogens with one attached hydrogen (secondary N) is 1. The second-order valence-electron chi connectivity index (χ2n) is 3.46. The maximum atomic E-state index is 8.29. The van der Waals surface area contributed by atoms with Crippen molar-refractivity contribution >= 4 is 5.84 Å². The molecule has 0 radical (unpaired) electrons. The van der Waals surface area contributed by atoms with Crippen molar-refractivity contribution in [3.8, 4) is 12.3 Å². The summed E-state index contributed by atoms with van der Waals surface area (Å²) in [5.41, 5.74) is 5.33. The molecule has 4 N–H and O–H groups in total. The molecule has 0 amide bonds. The molecule has 0 rings (SSSR count). The van der Waals surface area contributed by atoms with Gasteiger partial charge in [-0.2, -0.15) is 0 Å². The SMILES string of the molecule is C#CCCCCNCCCCC(N)=NO. The lowest BCUT2D eigenvalue weighted by atomic mass is 10.2. The highest BCUT2D eigenvalue weighted by atomic mass is 16.4. The molecule has 0 saturated heterocycles. The molecule has 0 aliphatic heterocycles. The summed E-state index contributed by atoms with van der Waals surface area (Å²) in [4.78, 5) is 0. The van der Waals surface area contributed by atoms with E-state index < -0.39 is 0 Å². The van der Waals surface area contributed by atoms with E-state index in [4.69, 9.17) is 17.4 Å².